The first-order valence-corrected chi connectivity index (χ1v) is 11.7. The summed E-state index contributed by atoms with van der Waals surface area (Å²) in [6, 6.07) is 19.0. The van der Waals surface area contributed by atoms with Crippen LogP contribution in [0.25, 0.3) is 10.9 Å². The van der Waals surface area contributed by atoms with Gasteiger partial charge in [0.1, 0.15) is 0 Å². The van der Waals surface area contributed by atoms with E-state index in [4.69, 9.17) is 4.74 Å². The average Bonchev–Trinajstić information content (AvgIpc) is 3.18. The van der Waals surface area contributed by atoms with Crippen molar-refractivity contribution in [2.45, 2.75) is 6.42 Å². The van der Waals surface area contributed by atoms with Crippen LogP contribution in [0.1, 0.15) is 26.4 Å². The van der Waals surface area contributed by atoms with Crippen LogP contribution in [0.5, 0.6) is 0 Å². The van der Waals surface area contributed by atoms with E-state index in [0.717, 1.165) is 17.3 Å². The number of fused-ring (bicyclic) bond motifs is 1. The van der Waals surface area contributed by atoms with Crippen LogP contribution in [-0.2, 0) is 18.2 Å². The van der Waals surface area contributed by atoms with Crippen molar-refractivity contribution in [2.75, 3.05) is 31.6 Å². The van der Waals surface area contributed by atoms with Gasteiger partial charge in [0.2, 0.25) is 0 Å². The van der Waals surface area contributed by atoms with Crippen LogP contribution in [0.4, 0.5) is 5.69 Å². The number of aryl methyl sites for hydroxylation is 1. The maximum Gasteiger partial charge on any atom is 0.276 e. The van der Waals surface area contributed by atoms with Crippen molar-refractivity contribution in [3.63, 3.8) is 0 Å². The third kappa shape index (κ3) is 5.22. The van der Waals surface area contributed by atoms with E-state index in [9.17, 15) is 9.59 Å². The molecule has 5 rings (SSSR count). The van der Waals surface area contributed by atoms with E-state index >= 15 is 0 Å². The van der Waals surface area contributed by atoms with E-state index in [0.29, 0.717) is 43.2 Å². The standard InChI is InChI=1S/C27H27N5O3/c1-31-12-10-25(30-31)26(33)29-24-7-3-2-6-22(24)27(34)32-13-14-35-18-20(17-32)15-19-8-9-23-21(16-19)5-4-11-28-23/h2-12,16,20H,13-15,17-18H2,1H3,(H,29,33)/t20-/m1/s1. The number of rotatable bonds is 5. The van der Waals surface area contributed by atoms with Crippen molar-refractivity contribution in [2.24, 2.45) is 13.0 Å². The van der Waals surface area contributed by atoms with Gasteiger partial charge in [-0.05, 0) is 48.4 Å². The number of aromatic nitrogens is 3. The normalized spacial score (nSPS) is 16.1. The average molecular weight is 470 g/mol. The highest BCUT2D eigenvalue weighted by atomic mass is 16.5. The molecule has 8 heteroatoms. The number of amides is 2. The molecule has 0 saturated carbocycles. The van der Waals surface area contributed by atoms with Gasteiger partial charge in [-0.3, -0.25) is 19.3 Å². The highest BCUT2D eigenvalue weighted by molar-refractivity contribution is 6.08. The molecule has 35 heavy (non-hydrogen) atoms. The number of nitrogens with zero attached hydrogens (tertiary/aromatic N) is 4. The molecule has 1 saturated heterocycles. The van der Waals surface area contributed by atoms with Gasteiger partial charge in [-0.2, -0.15) is 5.10 Å². The molecule has 8 nitrogen and oxygen atoms in total. The summed E-state index contributed by atoms with van der Waals surface area (Å²) >= 11 is 0. The van der Waals surface area contributed by atoms with E-state index in [1.165, 1.54) is 5.56 Å². The first-order chi connectivity index (χ1) is 17.1. The maximum absolute atomic E-state index is 13.6. The van der Waals surface area contributed by atoms with Crippen LogP contribution in [0.3, 0.4) is 0 Å². The minimum atomic E-state index is -0.353. The topological polar surface area (TPSA) is 89.4 Å². The summed E-state index contributed by atoms with van der Waals surface area (Å²) in [5, 5.41) is 8.09. The lowest BCUT2D eigenvalue weighted by Gasteiger charge is -2.25. The molecule has 1 N–H and O–H groups in total. The van der Waals surface area contributed by atoms with Gasteiger partial charge in [0.05, 0.1) is 30.0 Å². The first-order valence-electron chi connectivity index (χ1n) is 11.7. The molecule has 2 aromatic heterocycles. The smallest absolute Gasteiger partial charge is 0.276 e. The molecule has 0 spiro atoms. The van der Waals surface area contributed by atoms with Crippen molar-refractivity contribution < 1.29 is 14.3 Å². The summed E-state index contributed by atoms with van der Waals surface area (Å²) in [6.45, 7) is 2.14. The molecule has 1 atom stereocenters. The summed E-state index contributed by atoms with van der Waals surface area (Å²) in [5.74, 6) is -0.320. The second-order valence-corrected chi connectivity index (χ2v) is 8.80. The number of anilines is 1. The summed E-state index contributed by atoms with van der Waals surface area (Å²) < 4.78 is 7.42. The van der Waals surface area contributed by atoms with Crippen molar-refractivity contribution >= 4 is 28.4 Å². The van der Waals surface area contributed by atoms with Crippen molar-refractivity contribution in [1.29, 1.82) is 0 Å². The lowest BCUT2D eigenvalue weighted by molar-refractivity contribution is 0.0738. The van der Waals surface area contributed by atoms with Gasteiger partial charge in [-0.1, -0.05) is 24.3 Å². The second-order valence-electron chi connectivity index (χ2n) is 8.80. The molecule has 0 unspecified atom stereocenters. The minimum absolute atomic E-state index is 0.125. The first kappa shape index (κ1) is 22.7. The van der Waals surface area contributed by atoms with Crippen LogP contribution in [0.15, 0.2) is 73.1 Å². The van der Waals surface area contributed by atoms with Gasteiger partial charge in [0.25, 0.3) is 11.8 Å². The van der Waals surface area contributed by atoms with E-state index in [1.54, 1.807) is 54.5 Å². The Balaban J connectivity index is 1.31. The minimum Gasteiger partial charge on any atom is -0.379 e. The number of pyridine rings is 1. The van der Waals surface area contributed by atoms with Crippen LogP contribution < -0.4 is 5.32 Å². The fourth-order valence-corrected chi connectivity index (χ4v) is 4.45. The van der Waals surface area contributed by atoms with Crippen LogP contribution in [0.2, 0.25) is 0 Å². The zero-order chi connectivity index (χ0) is 24.2. The molecule has 3 heterocycles. The molecule has 1 aliphatic heterocycles. The van der Waals surface area contributed by atoms with E-state index in [2.05, 4.69) is 33.6 Å². The molecule has 1 aliphatic rings. The summed E-state index contributed by atoms with van der Waals surface area (Å²) in [7, 11) is 1.75. The third-order valence-corrected chi connectivity index (χ3v) is 6.17. The van der Waals surface area contributed by atoms with Gasteiger partial charge < -0.3 is 15.0 Å². The lowest BCUT2D eigenvalue weighted by atomic mass is 9.98. The third-order valence-electron chi connectivity index (χ3n) is 6.17. The number of carbonyl (C=O) groups is 2. The summed E-state index contributed by atoms with van der Waals surface area (Å²) in [4.78, 5) is 32.4. The number of hydrogen-bond donors (Lipinski definition) is 1. The fourth-order valence-electron chi connectivity index (χ4n) is 4.45. The second kappa shape index (κ2) is 10.1. The molecule has 0 radical (unpaired) electrons. The molecule has 1 fully saturated rings. The Labute approximate surface area is 203 Å². The fraction of sp³-hybridized carbons (Fsp3) is 0.259. The van der Waals surface area contributed by atoms with Gasteiger partial charge >= 0.3 is 0 Å². The van der Waals surface area contributed by atoms with Crippen molar-refractivity contribution in [3.8, 4) is 0 Å². The van der Waals surface area contributed by atoms with Gasteiger partial charge in [-0.25, -0.2) is 0 Å². The van der Waals surface area contributed by atoms with E-state index < -0.39 is 0 Å². The number of carbonyl (C=O) groups excluding carboxylic acids is 2. The summed E-state index contributed by atoms with van der Waals surface area (Å²) in [5.41, 5.74) is 3.38. The van der Waals surface area contributed by atoms with Gasteiger partial charge in [0, 0.05) is 43.8 Å². The van der Waals surface area contributed by atoms with Gasteiger partial charge in [-0.15, -0.1) is 0 Å². The molecule has 0 bridgehead atoms. The largest absolute Gasteiger partial charge is 0.379 e. The Hall–Kier alpha value is -4.04. The number of benzene rings is 2. The Bertz CT molecular complexity index is 1370. The molecule has 178 valence electrons. The zero-order valence-electron chi connectivity index (χ0n) is 19.6. The van der Waals surface area contributed by atoms with Crippen LogP contribution in [0, 0.1) is 5.92 Å². The SMILES string of the molecule is Cn1ccc(C(=O)Nc2ccccc2C(=O)N2CCOC[C@H](Cc3ccc4ncccc4c3)C2)n1. The molecule has 2 amide bonds. The Kier molecular flexibility index (Phi) is 6.54. The Morgan fingerprint density at radius 2 is 2.00 bits per heavy atom. The molecular weight excluding hydrogens is 442 g/mol. The zero-order valence-corrected chi connectivity index (χ0v) is 19.6. The quantitative estimate of drug-likeness (QED) is 0.483. The summed E-state index contributed by atoms with van der Waals surface area (Å²) in [6.07, 6.45) is 4.29. The molecule has 4 aromatic rings. The lowest BCUT2D eigenvalue weighted by Crippen LogP contribution is -2.37. The van der Waals surface area contributed by atoms with E-state index in [1.807, 2.05) is 17.0 Å². The predicted octanol–water partition coefficient (Wildman–Crippen LogP) is 3.55. The number of para-hydroxylation sites is 1. The Morgan fingerprint density at radius 1 is 1.11 bits per heavy atom. The highest BCUT2D eigenvalue weighted by Crippen LogP contribution is 2.22. The van der Waals surface area contributed by atoms with Crippen LogP contribution in [-0.4, -0.2) is 57.8 Å². The predicted molar refractivity (Wildman–Crippen MR) is 133 cm³/mol. The van der Waals surface area contributed by atoms with Crippen molar-refractivity contribution in [1.82, 2.24) is 19.7 Å². The Morgan fingerprint density at radius 3 is 2.86 bits per heavy atom. The number of nitrogens with one attached hydrogen (secondary N) is 1. The van der Waals surface area contributed by atoms with Crippen LogP contribution >= 0.6 is 0 Å². The van der Waals surface area contributed by atoms with Gasteiger partial charge in [0.15, 0.2) is 5.69 Å². The maximum atomic E-state index is 13.6. The highest BCUT2D eigenvalue weighted by Gasteiger charge is 2.26. The van der Waals surface area contributed by atoms with Crippen molar-refractivity contribution in [3.05, 3.63) is 89.9 Å². The number of ether oxygens (including phenoxy) is 1. The number of hydrogen-bond acceptors (Lipinski definition) is 5. The molecular formula is C27H27N5O3. The van der Waals surface area contributed by atoms with E-state index in [-0.39, 0.29) is 17.7 Å². The molecule has 2 aromatic carbocycles. The monoisotopic (exact) mass is 469 g/mol. The molecule has 0 aliphatic carbocycles.